The number of para-hydroxylation sites is 1. The van der Waals surface area contributed by atoms with Gasteiger partial charge in [0, 0.05) is 5.46 Å². The third-order valence-electron chi connectivity index (χ3n) is 1.63. The Balaban J connectivity index is 3.09. The van der Waals surface area contributed by atoms with Crippen molar-refractivity contribution in [2.45, 2.75) is 20.0 Å². The van der Waals surface area contributed by atoms with Gasteiger partial charge < -0.3 is 14.8 Å². The average Bonchev–Trinajstić information content (AvgIpc) is 2.07. The smallest absolute Gasteiger partial charge is 0.490 e. The molecule has 14 heavy (non-hydrogen) atoms. The van der Waals surface area contributed by atoms with Gasteiger partial charge in [-0.15, -0.1) is 0 Å². The van der Waals surface area contributed by atoms with E-state index in [0.29, 0.717) is 11.2 Å². The molecule has 0 bridgehead atoms. The van der Waals surface area contributed by atoms with Crippen molar-refractivity contribution in [3.63, 3.8) is 0 Å². The molecular weight excluding hydrogens is 247 g/mol. The first-order valence-electron chi connectivity index (χ1n) is 4.33. The van der Waals surface area contributed by atoms with Crippen LogP contribution < -0.4 is 10.2 Å². The molecule has 3 nitrogen and oxygen atoms in total. The van der Waals surface area contributed by atoms with E-state index in [1.165, 1.54) is 0 Å². The zero-order valence-corrected chi connectivity index (χ0v) is 9.65. The molecule has 0 aromatic heterocycles. The van der Waals surface area contributed by atoms with E-state index in [1.807, 2.05) is 13.8 Å². The second-order valence-electron chi connectivity index (χ2n) is 3.20. The number of rotatable bonds is 3. The van der Waals surface area contributed by atoms with Gasteiger partial charge in [-0.3, -0.25) is 0 Å². The minimum Gasteiger partial charge on any atom is -0.490 e. The molecule has 0 heterocycles. The molecule has 0 amide bonds. The Hall–Kier alpha value is -0.515. The van der Waals surface area contributed by atoms with Crippen molar-refractivity contribution in [2.24, 2.45) is 0 Å². The highest BCUT2D eigenvalue weighted by Crippen LogP contribution is 2.23. The molecule has 0 saturated carbocycles. The van der Waals surface area contributed by atoms with Crippen LogP contribution in [0.2, 0.25) is 0 Å². The summed E-state index contributed by atoms with van der Waals surface area (Å²) in [5.41, 5.74) is 0.369. The molecule has 0 aliphatic heterocycles. The molecule has 0 saturated heterocycles. The highest BCUT2D eigenvalue weighted by atomic mass is 79.9. The molecule has 5 heteroatoms. The largest absolute Gasteiger partial charge is 0.492 e. The summed E-state index contributed by atoms with van der Waals surface area (Å²) in [4.78, 5) is 0. The van der Waals surface area contributed by atoms with Crippen molar-refractivity contribution in [3.05, 3.63) is 22.7 Å². The number of halogens is 1. The first-order valence-corrected chi connectivity index (χ1v) is 5.13. The van der Waals surface area contributed by atoms with Crippen LogP contribution in [0.4, 0.5) is 0 Å². The minimum absolute atomic E-state index is 0.00815. The molecule has 0 radical (unpaired) electrons. The van der Waals surface area contributed by atoms with Gasteiger partial charge in [-0.05, 0) is 35.8 Å². The van der Waals surface area contributed by atoms with Crippen molar-refractivity contribution < 1.29 is 14.8 Å². The molecule has 0 aliphatic carbocycles. The fourth-order valence-corrected chi connectivity index (χ4v) is 1.56. The summed E-state index contributed by atoms with van der Waals surface area (Å²) in [6.45, 7) is 3.76. The van der Waals surface area contributed by atoms with Gasteiger partial charge in [0.25, 0.3) is 0 Å². The van der Waals surface area contributed by atoms with Gasteiger partial charge in [0.05, 0.1) is 10.6 Å². The van der Waals surface area contributed by atoms with Crippen LogP contribution in [0.3, 0.4) is 0 Å². The quantitative estimate of drug-likeness (QED) is 0.793. The standard InChI is InChI=1S/C9H12BBrO3/c1-6(2)14-9-7(10(12)13)4-3-5-8(9)11/h3-6,12-13H,1-2H3. The number of ether oxygens (including phenoxy) is 1. The monoisotopic (exact) mass is 258 g/mol. The highest BCUT2D eigenvalue weighted by Gasteiger charge is 2.19. The van der Waals surface area contributed by atoms with Gasteiger partial charge in [0.15, 0.2) is 0 Å². The van der Waals surface area contributed by atoms with Crippen LogP contribution in [-0.4, -0.2) is 23.3 Å². The Kier molecular flexibility index (Phi) is 3.98. The van der Waals surface area contributed by atoms with Gasteiger partial charge in [0.1, 0.15) is 5.75 Å². The lowest BCUT2D eigenvalue weighted by Crippen LogP contribution is -2.32. The molecule has 0 spiro atoms. The Morgan fingerprint density at radius 2 is 2.00 bits per heavy atom. The van der Waals surface area contributed by atoms with Gasteiger partial charge in [-0.2, -0.15) is 0 Å². The van der Waals surface area contributed by atoms with E-state index in [-0.39, 0.29) is 6.10 Å². The third kappa shape index (κ3) is 2.74. The van der Waals surface area contributed by atoms with E-state index >= 15 is 0 Å². The van der Waals surface area contributed by atoms with Crippen molar-refractivity contribution in [1.29, 1.82) is 0 Å². The molecule has 1 aromatic carbocycles. The van der Waals surface area contributed by atoms with Gasteiger partial charge in [0.2, 0.25) is 0 Å². The average molecular weight is 259 g/mol. The molecule has 1 rings (SSSR count). The van der Waals surface area contributed by atoms with E-state index in [0.717, 1.165) is 4.47 Å². The summed E-state index contributed by atoms with van der Waals surface area (Å²) < 4.78 is 6.19. The normalized spacial score (nSPS) is 10.4. The molecule has 2 N–H and O–H groups in total. The predicted molar refractivity (Wildman–Crippen MR) is 59.7 cm³/mol. The first kappa shape index (κ1) is 11.6. The Bertz CT molecular complexity index is 315. The fourth-order valence-electron chi connectivity index (χ4n) is 1.09. The second-order valence-corrected chi connectivity index (χ2v) is 4.05. The summed E-state index contributed by atoms with van der Waals surface area (Å²) >= 11 is 3.30. The predicted octanol–water partition coefficient (Wildman–Crippen LogP) is 0.916. The first-order chi connectivity index (χ1) is 6.52. The van der Waals surface area contributed by atoms with E-state index in [1.54, 1.807) is 18.2 Å². The van der Waals surface area contributed by atoms with Crippen molar-refractivity contribution >= 4 is 28.5 Å². The van der Waals surface area contributed by atoms with Crippen molar-refractivity contribution in [3.8, 4) is 5.75 Å². The van der Waals surface area contributed by atoms with Crippen LogP contribution in [0.15, 0.2) is 22.7 Å². The van der Waals surface area contributed by atoms with E-state index in [9.17, 15) is 0 Å². The molecule has 76 valence electrons. The Morgan fingerprint density at radius 1 is 1.36 bits per heavy atom. The summed E-state index contributed by atoms with van der Waals surface area (Å²) in [5.74, 6) is 0.484. The van der Waals surface area contributed by atoms with Crippen LogP contribution >= 0.6 is 15.9 Å². The lowest BCUT2D eigenvalue weighted by atomic mass is 9.79. The molecule has 0 aliphatic rings. The maximum atomic E-state index is 9.10. The van der Waals surface area contributed by atoms with Crippen LogP contribution in [0.5, 0.6) is 5.75 Å². The zero-order chi connectivity index (χ0) is 10.7. The SMILES string of the molecule is CC(C)Oc1c(Br)cccc1B(O)O. The minimum atomic E-state index is -1.51. The molecule has 0 unspecified atom stereocenters. The maximum absolute atomic E-state index is 9.10. The van der Waals surface area contributed by atoms with Gasteiger partial charge >= 0.3 is 7.12 Å². The summed E-state index contributed by atoms with van der Waals surface area (Å²) in [6, 6.07) is 5.14. The lowest BCUT2D eigenvalue weighted by Gasteiger charge is -2.15. The third-order valence-corrected chi connectivity index (χ3v) is 2.25. The molecule has 0 fully saturated rings. The summed E-state index contributed by atoms with van der Waals surface area (Å²) in [6.07, 6.45) is -0.00815. The topological polar surface area (TPSA) is 49.7 Å². The summed E-state index contributed by atoms with van der Waals surface area (Å²) in [7, 11) is -1.51. The Morgan fingerprint density at radius 3 is 2.50 bits per heavy atom. The number of hydrogen-bond donors (Lipinski definition) is 2. The van der Waals surface area contributed by atoms with Crippen molar-refractivity contribution in [1.82, 2.24) is 0 Å². The van der Waals surface area contributed by atoms with Crippen LogP contribution in [0, 0.1) is 0 Å². The highest BCUT2D eigenvalue weighted by molar-refractivity contribution is 9.10. The fraction of sp³-hybridized carbons (Fsp3) is 0.333. The maximum Gasteiger partial charge on any atom is 0.492 e. The van der Waals surface area contributed by atoms with Crippen LogP contribution in [-0.2, 0) is 0 Å². The van der Waals surface area contributed by atoms with Crippen LogP contribution in [0.25, 0.3) is 0 Å². The second kappa shape index (κ2) is 4.82. The van der Waals surface area contributed by atoms with Crippen LogP contribution in [0.1, 0.15) is 13.8 Å². The number of benzene rings is 1. The molecule has 1 aromatic rings. The van der Waals surface area contributed by atoms with E-state index in [2.05, 4.69) is 15.9 Å². The Labute approximate surface area is 92.0 Å². The lowest BCUT2D eigenvalue weighted by molar-refractivity contribution is 0.242. The zero-order valence-electron chi connectivity index (χ0n) is 8.07. The molecular formula is C9H12BBrO3. The van der Waals surface area contributed by atoms with Gasteiger partial charge in [-0.25, -0.2) is 0 Å². The van der Waals surface area contributed by atoms with E-state index in [4.69, 9.17) is 14.8 Å². The molecule has 0 atom stereocenters. The number of hydrogen-bond acceptors (Lipinski definition) is 3. The van der Waals surface area contributed by atoms with E-state index < -0.39 is 7.12 Å². The van der Waals surface area contributed by atoms with Gasteiger partial charge in [-0.1, -0.05) is 12.1 Å². The summed E-state index contributed by atoms with van der Waals surface area (Å²) in [5, 5.41) is 18.2. The van der Waals surface area contributed by atoms with Crippen molar-refractivity contribution in [2.75, 3.05) is 0 Å².